The maximum absolute atomic E-state index is 6.16. The molecule has 5 rings (SSSR count). The highest BCUT2D eigenvalue weighted by atomic mass is 32.1. The van der Waals surface area contributed by atoms with Crippen molar-refractivity contribution in [1.82, 2.24) is 20.0 Å². The third-order valence-corrected chi connectivity index (χ3v) is 5.86. The van der Waals surface area contributed by atoms with Crippen LogP contribution >= 0.6 is 11.3 Å². The Morgan fingerprint density at radius 3 is 2.46 bits per heavy atom. The molecule has 28 heavy (non-hydrogen) atoms. The highest BCUT2D eigenvalue weighted by molar-refractivity contribution is 7.11. The van der Waals surface area contributed by atoms with E-state index in [1.807, 2.05) is 49.4 Å². The second-order valence-electron chi connectivity index (χ2n) is 6.98. The van der Waals surface area contributed by atoms with Crippen molar-refractivity contribution in [1.29, 1.82) is 0 Å². The summed E-state index contributed by atoms with van der Waals surface area (Å²) in [6.45, 7) is 6.67. The summed E-state index contributed by atoms with van der Waals surface area (Å²) in [4.78, 5) is 9.80. The lowest BCUT2D eigenvalue weighted by molar-refractivity contribution is 0.175. The molecule has 142 valence electrons. The molecule has 1 fully saturated rings. The van der Waals surface area contributed by atoms with Gasteiger partial charge in [-0.2, -0.15) is 0 Å². The maximum atomic E-state index is 6.16. The van der Waals surface area contributed by atoms with Crippen molar-refractivity contribution in [2.75, 3.05) is 26.2 Å². The minimum Gasteiger partial charge on any atom is -0.454 e. The third-order valence-electron chi connectivity index (χ3n) is 5.04. The van der Waals surface area contributed by atoms with Crippen LogP contribution in [0.25, 0.3) is 0 Å². The van der Waals surface area contributed by atoms with Gasteiger partial charge >= 0.3 is 0 Å². The van der Waals surface area contributed by atoms with Gasteiger partial charge in [0, 0.05) is 26.2 Å². The molecule has 0 amide bonds. The van der Waals surface area contributed by atoms with Gasteiger partial charge in [-0.25, -0.2) is 4.99 Å². The smallest absolute Gasteiger partial charge is 0.153 e. The lowest BCUT2D eigenvalue weighted by atomic mass is 10.1. The lowest BCUT2D eigenvalue weighted by Crippen LogP contribution is -2.48. The second-order valence-corrected chi connectivity index (χ2v) is 8.25. The van der Waals surface area contributed by atoms with Gasteiger partial charge in [0.25, 0.3) is 0 Å². The van der Waals surface area contributed by atoms with E-state index in [-0.39, 0.29) is 0 Å². The molecule has 2 aromatic carbocycles. The van der Waals surface area contributed by atoms with Crippen molar-refractivity contribution in [3.05, 3.63) is 64.1 Å². The predicted octanol–water partition coefficient (Wildman–Crippen LogP) is 3.85. The highest BCUT2D eigenvalue weighted by Crippen LogP contribution is 2.37. The van der Waals surface area contributed by atoms with E-state index in [0.717, 1.165) is 71.3 Å². The van der Waals surface area contributed by atoms with Crippen molar-refractivity contribution in [2.24, 2.45) is 4.99 Å². The monoisotopic (exact) mass is 391 g/mol. The molecular formula is C21H21N5OS. The number of hydrogen-bond donors (Lipinski definition) is 0. The molecule has 2 aliphatic rings. The van der Waals surface area contributed by atoms with Crippen molar-refractivity contribution >= 4 is 22.9 Å². The molecule has 0 unspecified atom stereocenters. The highest BCUT2D eigenvalue weighted by Gasteiger charge is 2.26. The van der Waals surface area contributed by atoms with Crippen LogP contribution in [0.4, 0.5) is 5.69 Å². The van der Waals surface area contributed by atoms with Crippen LogP contribution in [0, 0.1) is 6.92 Å². The van der Waals surface area contributed by atoms with Crippen molar-refractivity contribution in [3.63, 3.8) is 0 Å². The standard InChI is InChI=1S/C21H21N5OS/c1-15-23-24-20(28-15)14-25-10-12-26(13-11-25)21-16-6-2-4-8-18(16)27-19-9-5-3-7-17(19)22-21/h2-9H,10-14H2,1H3. The van der Waals surface area contributed by atoms with E-state index in [0.29, 0.717) is 0 Å². The van der Waals surface area contributed by atoms with E-state index in [1.165, 1.54) is 0 Å². The van der Waals surface area contributed by atoms with Crippen LogP contribution in [0.15, 0.2) is 53.5 Å². The van der Waals surface area contributed by atoms with E-state index in [2.05, 4.69) is 26.1 Å². The lowest BCUT2D eigenvalue weighted by Gasteiger charge is -2.36. The van der Waals surface area contributed by atoms with Gasteiger partial charge in [0.1, 0.15) is 27.3 Å². The largest absolute Gasteiger partial charge is 0.454 e. The first-order chi connectivity index (χ1) is 13.8. The molecule has 0 bridgehead atoms. The zero-order valence-electron chi connectivity index (χ0n) is 15.7. The Morgan fingerprint density at radius 1 is 0.929 bits per heavy atom. The number of rotatable bonds is 2. The average Bonchev–Trinajstić information content (AvgIpc) is 3.05. The molecule has 1 saturated heterocycles. The molecule has 0 radical (unpaired) electrons. The Labute approximate surface area is 168 Å². The molecule has 0 N–H and O–H groups in total. The van der Waals surface area contributed by atoms with Crippen LogP contribution in [0.1, 0.15) is 15.6 Å². The Morgan fingerprint density at radius 2 is 1.68 bits per heavy atom. The van der Waals surface area contributed by atoms with Crippen LogP contribution in [0.2, 0.25) is 0 Å². The molecular weight excluding hydrogens is 370 g/mol. The number of ether oxygens (including phenoxy) is 1. The Kier molecular flexibility index (Phi) is 4.54. The third kappa shape index (κ3) is 3.39. The molecule has 0 spiro atoms. The summed E-state index contributed by atoms with van der Waals surface area (Å²) in [6.07, 6.45) is 0. The number of aryl methyl sites for hydroxylation is 1. The summed E-state index contributed by atoms with van der Waals surface area (Å²) in [6, 6.07) is 16.1. The zero-order valence-corrected chi connectivity index (χ0v) is 16.5. The molecule has 7 heteroatoms. The molecule has 0 saturated carbocycles. The number of aromatic nitrogens is 2. The summed E-state index contributed by atoms with van der Waals surface area (Å²) in [5.41, 5.74) is 1.92. The van der Waals surface area contributed by atoms with Crippen LogP contribution in [-0.2, 0) is 6.54 Å². The molecule has 0 aliphatic carbocycles. The Hall–Kier alpha value is -2.77. The number of nitrogens with zero attached hydrogens (tertiary/aromatic N) is 5. The summed E-state index contributed by atoms with van der Waals surface area (Å²) in [7, 11) is 0. The molecule has 3 aromatic rings. The van der Waals surface area contributed by atoms with Gasteiger partial charge in [-0.3, -0.25) is 4.90 Å². The van der Waals surface area contributed by atoms with Gasteiger partial charge in [-0.1, -0.05) is 24.3 Å². The first-order valence-electron chi connectivity index (χ1n) is 9.47. The average molecular weight is 392 g/mol. The van der Waals surface area contributed by atoms with Gasteiger partial charge < -0.3 is 9.64 Å². The first kappa shape index (κ1) is 17.3. The fourth-order valence-corrected chi connectivity index (χ4v) is 4.37. The first-order valence-corrected chi connectivity index (χ1v) is 10.3. The second kappa shape index (κ2) is 7.33. The van der Waals surface area contributed by atoms with Crippen molar-refractivity contribution < 1.29 is 4.74 Å². The minimum absolute atomic E-state index is 0.801. The summed E-state index contributed by atoms with van der Waals surface area (Å²) in [5.74, 6) is 2.65. The van der Waals surface area contributed by atoms with E-state index < -0.39 is 0 Å². The quantitative estimate of drug-likeness (QED) is 0.664. The maximum Gasteiger partial charge on any atom is 0.153 e. The van der Waals surface area contributed by atoms with E-state index in [1.54, 1.807) is 11.3 Å². The molecule has 6 nitrogen and oxygen atoms in total. The van der Waals surface area contributed by atoms with Crippen molar-refractivity contribution in [2.45, 2.75) is 13.5 Å². The number of piperazine rings is 1. The van der Waals surface area contributed by atoms with E-state index in [4.69, 9.17) is 9.73 Å². The molecule has 3 heterocycles. The number of para-hydroxylation sites is 3. The number of fused-ring (bicyclic) bond motifs is 2. The van der Waals surface area contributed by atoms with E-state index >= 15 is 0 Å². The topological polar surface area (TPSA) is 53.9 Å². The van der Waals surface area contributed by atoms with Crippen LogP contribution in [0.5, 0.6) is 11.5 Å². The normalized spacial score (nSPS) is 16.6. The number of hydrogen-bond acceptors (Lipinski definition) is 7. The van der Waals surface area contributed by atoms with Crippen LogP contribution < -0.4 is 4.74 Å². The predicted molar refractivity (Wildman–Crippen MR) is 111 cm³/mol. The zero-order chi connectivity index (χ0) is 18.9. The Bertz CT molecular complexity index is 1020. The number of aliphatic imine (C=N–C) groups is 1. The number of amidine groups is 1. The Balaban J connectivity index is 1.39. The van der Waals surface area contributed by atoms with Crippen LogP contribution in [-0.4, -0.2) is 52.0 Å². The summed E-state index contributed by atoms with van der Waals surface area (Å²) >= 11 is 1.68. The molecule has 2 aliphatic heterocycles. The SMILES string of the molecule is Cc1nnc(CN2CCN(C3=Nc4ccccc4Oc4ccccc43)CC2)s1. The summed E-state index contributed by atoms with van der Waals surface area (Å²) < 4.78 is 6.16. The summed E-state index contributed by atoms with van der Waals surface area (Å²) in [5, 5.41) is 10.5. The fraction of sp³-hybridized carbons (Fsp3) is 0.286. The van der Waals surface area contributed by atoms with Gasteiger partial charge in [-0.15, -0.1) is 21.5 Å². The van der Waals surface area contributed by atoms with Gasteiger partial charge in [-0.05, 0) is 31.2 Å². The van der Waals surface area contributed by atoms with Crippen molar-refractivity contribution in [3.8, 4) is 11.5 Å². The minimum atomic E-state index is 0.801. The number of benzene rings is 2. The van der Waals surface area contributed by atoms with Gasteiger partial charge in [0.05, 0.1) is 12.1 Å². The molecule has 0 atom stereocenters. The molecule has 1 aromatic heterocycles. The van der Waals surface area contributed by atoms with Crippen LogP contribution in [0.3, 0.4) is 0 Å². The van der Waals surface area contributed by atoms with E-state index in [9.17, 15) is 0 Å². The van der Waals surface area contributed by atoms with Gasteiger partial charge in [0.2, 0.25) is 0 Å². The van der Waals surface area contributed by atoms with Gasteiger partial charge in [0.15, 0.2) is 5.75 Å². The fourth-order valence-electron chi connectivity index (χ4n) is 3.62.